The lowest BCUT2D eigenvalue weighted by Crippen LogP contribution is -2.45. The van der Waals surface area contributed by atoms with E-state index in [1.807, 2.05) is 6.07 Å². The number of amides is 1. The predicted molar refractivity (Wildman–Crippen MR) is 107 cm³/mol. The zero-order valence-electron chi connectivity index (χ0n) is 17.2. The number of rotatable bonds is 6. The molecule has 1 fully saturated rings. The van der Waals surface area contributed by atoms with Crippen LogP contribution in [0.3, 0.4) is 0 Å². The van der Waals surface area contributed by atoms with Crippen molar-refractivity contribution in [2.45, 2.75) is 38.2 Å². The van der Waals surface area contributed by atoms with Gasteiger partial charge in [0, 0.05) is 19.0 Å². The van der Waals surface area contributed by atoms with Crippen molar-refractivity contribution in [2.24, 2.45) is 0 Å². The maximum absolute atomic E-state index is 13.5. The van der Waals surface area contributed by atoms with Crippen molar-refractivity contribution in [2.75, 3.05) is 20.2 Å². The lowest BCUT2D eigenvalue weighted by atomic mass is 9.93. The Balaban J connectivity index is 1.50. The fourth-order valence-corrected chi connectivity index (χ4v) is 3.85. The van der Waals surface area contributed by atoms with E-state index in [0.717, 1.165) is 17.4 Å². The number of nitrogens with zero attached hydrogens (tertiary/aromatic N) is 5. The number of benzene rings is 1. The molecule has 0 radical (unpaired) electrons. The van der Waals surface area contributed by atoms with Gasteiger partial charge in [0.1, 0.15) is 12.0 Å². The summed E-state index contributed by atoms with van der Waals surface area (Å²) in [6.07, 6.45) is -0.751. The summed E-state index contributed by atoms with van der Waals surface area (Å²) in [6, 6.07) is 8.49. The molecular formula is C21H23F2N5O3. The zero-order chi connectivity index (χ0) is 22.0. The van der Waals surface area contributed by atoms with E-state index in [1.54, 1.807) is 30.0 Å². The highest BCUT2D eigenvalue weighted by atomic mass is 19.3. The number of fused-ring (bicyclic) bond motifs is 1. The normalized spacial score (nSPS) is 17.7. The number of methoxy groups -OCH3 is 1. The molecular weight excluding hydrogens is 408 g/mol. The highest BCUT2D eigenvalue weighted by molar-refractivity contribution is 5.81. The number of likely N-dealkylation sites (tertiary alicyclic amines) is 1. The minimum absolute atomic E-state index is 0.129. The van der Waals surface area contributed by atoms with Crippen LogP contribution in [0.1, 0.15) is 43.5 Å². The molecule has 2 aromatic heterocycles. The largest absolute Gasteiger partial charge is 0.493 e. The molecule has 1 saturated heterocycles. The molecule has 2 atom stereocenters. The molecule has 1 aromatic carbocycles. The number of ether oxygens (including phenoxy) is 2. The van der Waals surface area contributed by atoms with Gasteiger partial charge in [-0.2, -0.15) is 14.6 Å². The van der Waals surface area contributed by atoms with E-state index in [-0.39, 0.29) is 23.3 Å². The van der Waals surface area contributed by atoms with Crippen LogP contribution in [0.4, 0.5) is 8.78 Å². The average Bonchev–Trinajstić information content (AvgIpc) is 3.27. The molecule has 0 unspecified atom stereocenters. The second-order valence-electron chi connectivity index (χ2n) is 7.41. The zero-order valence-corrected chi connectivity index (χ0v) is 17.2. The highest BCUT2D eigenvalue weighted by Crippen LogP contribution is 2.30. The Morgan fingerprint density at radius 1 is 1.26 bits per heavy atom. The van der Waals surface area contributed by atoms with Gasteiger partial charge in [0.25, 0.3) is 18.1 Å². The number of para-hydroxylation sites is 2. The van der Waals surface area contributed by atoms with Crippen LogP contribution >= 0.6 is 0 Å². The van der Waals surface area contributed by atoms with Crippen LogP contribution in [-0.4, -0.2) is 56.7 Å². The lowest BCUT2D eigenvalue weighted by Gasteiger charge is -2.34. The van der Waals surface area contributed by atoms with Crippen LogP contribution in [0.2, 0.25) is 0 Å². The van der Waals surface area contributed by atoms with Crippen molar-refractivity contribution in [1.29, 1.82) is 0 Å². The monoisotopic (exact) mass is 431 g/mol. The number of aromatic nitrogens is 4. The first-order chi connectivity index (χ1) is 15.0. The summed E-state index contributed by atoms with van der Waals surface area (Å²) in [5.41, 5.74) is 0.237. The third-order valence-electron chi connectivity index (χ3n) is 5.39. The summed E-state index contributed by atoms with van der Waals surface area (Å²) in [7, 11) is 1.54. The van der Waals surface area contributed by atoms with Crippen LogP contribution in [0.25, 0.3) is 5.78 Å². The van der Waals surface area contributed by atoms with Crippen LogP contribution in [0.5, 0.6) is 11.5 Å². The maximum atomic E-state index is 13.5. The molecule has 3 heterocycles. The van der Waals surface area contributed by atoms with Gasteiger partial charge < -0.3 is 14.4 Å². The first-order valence-corrected chi connectivity index (χ1v) is 10.0. The number of carbonyl (C=O) groups excluding carboxylic acids is 1. The van der Waals surface area contributed by atoms with Crippen molar-refractivity contribution in [1.82, 2.24) is 24.5 Å². The first kappa shape index (κ1) is 21.0. The van der Waals surface area contributed by atoms with Gasteiger partial charge in [-0.05, 0) is 38.0 Å². The molecule has 164 valence electrons. The molecule has 0 bridgehead atoms. The van der Waals surface area contributed by atoms with Gasteiger partial charge >= 0.3 is 0 Å². The average molecular weight is 431 g/mol. The predicted octanol–water partition coefficient (Wildman–Crippen LogP) is 3.24. The van der Waals surface area contributed by atoms with Gasteiger partial charge in [-0.15, -0.1) is 0 Å². The van der Waals surface area contributed by atoms with Gasteiger partial charge in [-0.1, -0.05) is 12.1 Å². The third kappa shape index (κ3) is 4.28. The Morgan fingerprint density at radius 3 is 2.77 bits per heavy atom. The molecule has 31 heavy (non-hydrogen) atoms. The highest BCUT2D eigenvalue weighted by Gasteiger charge is 2.30. The quantitative estimate of drug-likeness (QED) is 0.596. The number of hydrogen-bond acceptors (Lipinski definition) is 6. The fourth-order valence-electron chi connectivity index (χ4n) is 3.85. The molecule has 8 nitrogen and oxygen atoms in total. The van der Waals surface area contributed by atoms with Crippen molar-refractivity contribution in [3.63, 3.8) is 0 Å². The number of piperidine rings is 1. The number of halogens is 2. The van der Waals surface area contributed by atoms with Crippen molar-refractivity contribution >= 4 is 11.7 Å². The van der Waals surface area contributed by atoms with Gasteiger partial charge in [-0.25, -0.2) is 13.8 Å². The van der Waals surface area contributed by atoms with E-state index in [9.17, 15) is 13.6 Å². The molecule has 4 rings (SSSR count). The second kappa shape index (κ2) is 8.83. The topological polar surface area (TPSA) is 81.9 Å². The fraction of sp³-hybridized carbons (Fsp3) is 0.429. The number of hydrogen-bond donors (Lipinski definition) is 0. The molecule has 0 saturated carbocycles. The number of carbonyl (C=O) groups is 1. The van der Waals surface area contributed by atoms with E-state index < -0.39 is 12.5 Å². The molecule has 0 spiro atoms. The molecule has 10 heteroatoms. The summed E-state index contributed by atoms with van der Waals surface area (Å²) in [4.78, 5) is 23.1. The Kier molecular flexibility index (Phi) is 5.97. The van der Waals surface area contributed by atoms with E-state index in [0.29, 0.717) is 30.3 Å². The van der Waals surface area contributed by atoms with E-state index >= 15 is 0 Å². The van der Waals surface area contributed by atoms with Crippen LogP contribution < -0.4 is 9.47 Å². The van der Waals surface area contributed by atoms with Crippen LogP contribution in [0, 0.1) is 0 Å². The third-order valence-corrected chi connectivity index (χ3v) is 5.39. The van der Waals surface area contributed by atoms with Crippen molar-refractivity contribution in [3.8, 4) is 11.5 Å². The summed E-state index contributed by atoms with van der Waals surface area (Å²) < 4.78 is 39.1. The Labute approximate surface area is 177 Å². The summed E-state index contributed by atoms with van der Waals surface area (Å²) in [5, 5.41) is 3.82. The Bertz CT molecular complexity index is 1070. The van der Waals surface area contributed by atoms with Gasteiger partial charge in [0.15, 0.2) is 17.6 Å². The standard InChI is InChI=1S/C21H23F2N5O3/c1-13(31-18-8-4-3-7-17(18)30-2)20(29)27-9-5-6-14(11-27)15-10-16(19(22)23)28-21(26-15)24-12-25-28/h3-4,7-8,10,12-14,19H,5-6,9,11H2,1-2H3/t13-,14+/m1/s1. The first-order valence-electron chi connectivity index (χ1n) is 10.0. The van der Waals surface area contributed by atoms with E-state index in [2.05, 4.69) is 15.1 Å². The minimum Gasteiger partial charge on any atom is -0.493 e. The smallest absolute Gasteiger partial charge is 0.280 e. The summed E-state index contributed by atoms with van der Waals surface area (Å²) in [6.45, 7) is 2.63. The summed E-state index contributed by atoms with van der Waals surface area (Å²) in [5.74, 6) is 0.816. The summed E-state index contributed by atoms with van der Waals surface area (Å²) >= 11 is 0. The van der Waals surface area contributed by atoms with Gasteiger partial charge in [0.05, 0.1) is 12.8 Å². The molecule has 3 aromatic rings. The van der Waals surface area contributed by atoms with Crippen LogP contribution in [-0.2, 0) is 4.79 Å². The molecule has 1 amide bonds. The lowest BCUT2D eigenvalue weighted by molar-refractivity contribution is -0.139. The van der Waals surface area contributed by atoms with Gasteiger partial charge in [0.2, 0.25) is 0 Å². The van der Waals surface area contributed by atoms with Crippen molar-refractivity contribution in [3.05, 3.63) is 48.0 Å². The Morgan fingerprint density at radius 2 is 2.03 bits per heavy atom. The molecule has 0 N–H and O–H groups in total. The molecule has 0 aliphatic carbocycles. The van der Waals surface area contributed by atoms with E-state index in [1.165, 1.54) is 19.5 Å². The molecule has 1 aliphatic heterocycles. The Hall–Kier alpha value is -3.30. The van der Waals surface area contributed by atoms with Gasteiger partial charge in [-0.3, -0.25) is 4.79 Å². The van der Waals surface area contributed by atoms with Crippen LogP contribution in [0.15, 0.2) is 36.7 Å². The second-order valence-corrected chi connectivity index (χ2v) is 7.41. The van der Waals surface area contributed by atoms with Crippen molar-refractivity contribution < 1.29 is 23.0 Å². The molecule has 1 aliphatic rings. The minimum atomic E-state index is -2.71. The number of alkyl halides is 2. The SMILES string of the molecule is COc1ccccc1O[C@H](C)C(=O)N1CCC[C@H](c2cc(C(F)F)n3ncnc3n2)C1. The maximum Gasteiger partial charge on any atom is 0.280 e. The van der Waals surface area contributed by atoms with E-state index in [4.69, 9.17) is 9.47 Å².